The highest BCUT2D eigenvalue weighted by Crippen LogP contribution is 2.45. The average Bonchev–Trinajstić information content (AvgIpc) is 0.898. The van der Waals surface area contributed by atoms with Gasteiger partial charge in [-0.05, 0) is 37.5 Å². The van der Waals surface area contributed by atoms with Crippen molar-refractivity contribution in [3.8, 4) is 0 Å². The Kier molecular flexibility index (Phi) is 78.8. The molecule has 0 aliphatic heterocycles. The van der Waals surface area contributed by atoms with Gasteiger partial charge in [-0.1, -0.05) is 427 Å². The lowest BCUT2D eigenvalue weighted by Crippen LogP contribution is -2.30. The molecule has 0 aromatic heterocycles. The maximum Gasteiger partial charge on any atom is 0.472 e. The summed E-state index contributed by atoms with van der Waals surface area (Å²) in [5, 5.41) is 10.7. The van der Waals surface area contributed by atoms with Gasteiger partial charge in [0.2, 0.25) is 0 Å². The van der Waals surface area contributed by atoms with Gasteiger partial charge in [-0.2, -0.15) is 0 Å². The van der Waals surface area contributed by atoms with E-state index >= 15 is 0 Å². The van der Waals surface area contributed by atoms with E-state index in [1.807, 2.05) is 0 Å². The van der Waals surface area contributed by atoms with Crippen molar-refractivity contribution in [2.45, 2.75) is 496 Å². The van der Waals surface area contributed by atoms with Gasteiger partial charge in [-0.25, -0.2) is 9.13 Å². The smallest absolute Gasteiger partial charge is 0.462 e. The third-order valence-electron chi connectivity index (χ3n) is 21.7. The monoisotopic (exact) mass is 1580 g/mol. The number of aliphatic hydroxyl groups is 1. The van der Waals surface area contributed by atoms with Crippen LogP contribution in [0.3, 0.4) is 0 Å². The summed E-state index contributed by atoms with van der Waals surface area (Å²) in [5.41, 5.74) is 0. The largest absolute Gasteiger partial charge is 0.472 e. The summed E-state index contributed by atoms with van der Waals surface area (Å²) in [6.45, 7) is 9.80. The van der Waals surface area contributed by atoms with Crippen LogP contribution in [0.1, 0.15) is 478 Å². The number of aliphatic hydroxyl groups excluding tert-OH is 1. The SMILES string of the molecule is CCCCCCCCCCCCCCCCCCC(=O)O[C@H](COC(=O)CCCCCCCCCC)COP(=O)(O)OC[C@H](O)COP(=O)(O)OC[C@@H](COC(=O)CCCCCCCCCCCCCCCCCCCCC(C)CC)OC(=O)CCCCCCCCCCCCCCCCCCCCC(C)CC. The summed E-state index contributed by atoms with van der Waals surface area (Å²) >= 11 is 0. The summed E-state index contributed by atoms with van der Waals surface area (Å²) in [6.07, 6.45) is 73.7. The zero-order valence-corrected chi connectivity index (χ0v) is 73.0. The van der Waals surface area contributed by atoms with E-state index < -0.39 is 97.5 Å². The molecule has 4 unspecified atom stereocenters. The molecule has 0 aromatic carbocycles. The van der Waals surface area contributed by atoms with Gasteiger partial charge in [-0.15, -0.1) is 0 Å². The summed E-state index contributed by atoms with van der Waals surface area (Å²) in [4.78, 5) is 73.2. The lowest BCUT2D eigenvalue weighted by Gasteiger charge is -2.21. The number of hydrogen-bond donors (Lipinski definition) is 3. The van der Waals surface area contributed by atoms with E-state index in [9.17, 15) is 43.2 Å². The van der Waals surface area contributed by atoms with Crippen LogP contribution >= 0.6 is 15.6 Å². The highest BCUT2D eigenvalue weighted by molar-refractivity contribution is 7.47. The average molecular weight is 1580 g/mol. The second-order valence-electron chi connectivity index (χ2n) is 32.5. The molecule has 0 amide bonds. The van der Waals surface area contributed by atoms with E-state index in [1.165, 1.54) is 289 Å². The quantitative estimate of drug-likeness (QED) is 0.0222. The minimum absolute atomic E-state index is 0.108. The summed E-state index contributed by atoms with van der Waals surface area (Å²) in [5.74, 6) is -0.356. The van der Waals surface area contributed by atoms with Crippen LogP contribution < -0.4 is 0 Å². The summed E-state index contributed by atoms with van der Waals surface area (Å²) < 4.78 is 68.9. The normalized spacial score (nSPS) is 14.3. The molecule has 108 heavy (non-hydrogen) atoms. The molecule has 0 aliphatic carbocycles. The second-order valence-corrected chi connectivity index (χ2v) is 35.4. The molecule has 0 radical (unpaired) electrons. The fourth-order valence-electron chi connectivity index (χ4n) is 13.9. The zero-order chi connectivity index (χ0) is 79.2. The topological polar surface area (TPSA) is 237 Å². The lowest BCUT2D eigenvalue weighted by atomic mass is 9.99. The second kappa shape index (κ2) is 80.3. The van der Waals surface area contributed by atoms with E-state index in [0.29, 0.717) is 25.7 Å². The van der Waals surface area contributed by atoms with E-state index in [1.54, 1.807) is 0 Å². The maximum atomic E-state index is 13.2. The minimum Gasteiger partial charge on any atom is -0.462 e. The minimum atomic E-state index is -4.97. The molecule has 0 fully saturated rings. The first kappa shape index (κ1) is 106. The third kappa shape index (κ3) is 79.3. The predicted molar refractivity (Wildman–Crippen MR) is 446 cm³/mol. The van der Waals surface area contributed by atoms with Crippen molar-refractivity contribution < 1.29 is 80.2 Å². The molecule has 0 aliphatic rings. The summed E-state index contributed by atoms with van der Waals surface area (Å²) in [6, 6.07) is 0. The van der Waals surface area contributed by atoms with Gasteiger partial charge >= 0.3 is 39.5 Å². The number of hydrogen-bond acceptors (Lipinski definition) is 15. The van der Waals surface area contributed by atoms with Crippen LogP contribution in [0.4, 0.5) is 0 Å². The Morgan fingerprint density at radius 2 is 0.444 bits per heavy atom. The standard InChI is InChI=1S/C89H174O17P2/c1-7-11-13-15-17-19-20-21-22-33-39-44-49-55-61-67-73-88(93)105-84(77-99-86(91)71-65-59-53-18-16-14-12-8-2)79-103-107(95,96)101-75-83(90)76-102-108(97,98)104-80-85(106-89(94)74-68-62-56-50-45-40-35-30-26-24-28-32-37-42-47-52-58-64-70-82(6)10-4)78-100-87(92)72-66-60-54-48-43-38-34-29-25-23-27-31-36-41-46-51-57-63-69-81(5)9-3/h81-85,90H,7-80H2,1-6H3,(H,95,96)(H,97,98)/t81?,82?,83-,84+,85+/m0/s1. The number of phosphoric ester groups is 2. The van der Waals surface area contributed by atoms with Crippen LogP contribution in [-0.2, 0) is 65.4 Å². The fraction of sp³-hybridized carbons (Fsp3) is 0.955. The molecule has 0 saturated heterocycles. The number of phosphoric acid groups is 2. The molecule has 3 N–H and O–H groups in total. The number of rotatable bonds is 88. The molecule has 642 valence electrons. The number of carbonyl (C=O) groups excluding carboxylic acids is 4. The first-order valence-electron chi connectivity index (χ1n) is 46.1. The van der Waals surface area contributed by atoms with Crippen molar-refractivity contribution in [3.63, 3.8) is 0 Å². The lowest BCUT2D eigenvalue weighted by molar-refractivity contribution is -0.161. The van der Waals surface area contributed by atoms with Crippen molar-refractivity contribution in [1.82, 2.24) is 0 Å². The molecule has 0 aromatic rings. The van der Waals surface area contributed by atoms with Crippen molar-refractivity contribution in [3.05, 3.63) is 0 Å². The van der Waals surface area contributed by atoms with Crippen molar-refractivity contribution in [2.24, 2.45) is 11.8 Å². The van der Waals surface area contributed by atoms with Gasteiger partial charge in [0.25, 0.3) is 0 Å². The van der Waals surface area contributed by atoms with Crippen LogP contribution in [0.25, 0.3) is 0 Å². The molecule has 0 spiro atoms. The maximum absolute atomic E-state index is 13.2. The molecular weight excluding hydrogens is 1400 g/mol. The predicted octanol–water partition coefficient (Wildman–Crippen LogP) is 27.4. The molecular formula is C89H174O17P2. The van der Waals surface area contributed by atoms with Crippen molar-refractivity contribution in [1.29, 1.82) is 0 Å². The Hall–Kier alpha value is -1.94. The van der Waals surface area contributed by atoms with Crippen molar-refractivity contribution in [2.75, 3.05) is 39.6 Å². The first-order valence-corrected chi connectivity index (χ1v) is 49.1. The molecule has 0 heterocycles. The van der Waals surface area contributed by atoms with E-state index in [0.717, 1.165) is 108 Å². The summed E-state index contributed by atoms with van der Waals surface area (Å²) in [7, 11) is -9.93. The van der Waals surface area contributed by atoms with Crippen molar-refractivity contribution >= 4 is 39.5 Å². The van der Waals surface area contributed by atoms with Gasteiger partial charge in [0.05, 0.1) is 26.4 Å². The molecule has 0 saturated carbocycles. The molecule has 0 bridgehead atoms. The van der Waals surface area contributed by atoms with Crippen LogP contribution in [0.2, 0.25) is 0 Å². The van der Waals surface area contributed by atoms with Crippen LogP contribution in [0, 0.1) is 11.8 Å². The van der Waals surface area contributed by atoms with Gasteiger partial charge < -0.3 is 33.8 Å². The Morgan fingerprint density at radius 1 is 0.259 bits per heavy atom. The van der Waals surface area contributed by atoms with Gasteiger partial charge in [0.1, 0.15) is 19.3 Å². The third-order valence-corrected chi connectivity index (χ3v) is 23.6. The van der Waals surface area contributed by atoms with E-state index in [4.69, 9.17) is 37.0 Å². The number of ether oxygens (including phenoxy) is 4. The Bertz CT molecular complexity index is 2070. The van der Waals surface area contributed by atoms with Gasteiger partial charge in [0.15, 0.2) is 12.2 Å². The van der Waals surface area contributed by atoms with Crippen LogP contribution in [-0.4, -0.2) is 96.7 Å². The Balaban J connectivity index is 5.17. The van der Waals surface area contributed by atoms with E-state index in [-0.39, 0.29) is 25.7 Å². The Morgan fingerprint density at radius 3 is 0.657 bits per heavy atom. The van der Waals surface area contributed by atoms with Gasteiger partial charge in [0, 0.05) is 25.7 Å². The molecule has 7 atom stereocenters. The number of carbonyl (C=O) groups is 4. The zero-order valence-electron chi connectivity index (χ0n) is 71.2. The molecule has 0 rings (SSSR count). The first-order chi connectivity index (χ1) is 52.4. The number of esters is 4. The molecule has 19 heteroatoms. The Labute approximate surface area is 664 Å². The number of unbranched alkanes of at least 4 members (excludes halogenated alkanes) is 56. The van der Waals surface area contributed by atoms with Gasteiger partial charge in [-0.3, -0.25) is 37.3 Å². The highest BCUT2D eigenvalue weighted by Gasteiger charge is 2.31. The molecule has 17 nitrogen and oxygen atoms in total. The van der Waals surface area contributed by atoms with Crippen LogP contribution in [0.15, 0.2) is 0 Å². The van der Waals surface area contributed by atoms with E-state index in [2.05, 4.69) is 41.5 Å². The fourth-order valence-corrected chi connectivity index (χ4v) is 15.5. The highest BCUT2D eigenvalue weighted by atomic mass is 31.2. The van der Waals surface area contributed by atoms with Crippen LogP contribution in [0.5, 0.6) is 0 Å².